The average Bonchev–Trinajstić information content (AvgIpc) is 2.67. The lowest BCUT2D eigenvalue weighted by Crippen LogP contribution is -2.32. The van der Waals surface area contributed by atoms with Gasteiger partial charge in [0.25, 0.3) is 0 Å². The van der Waals surface area contributed by atoms with Crippen molar-refractivity contribution in [3.8, 4) is 0 Å². The molecule has 0 fully saturated rings. The molecule has 1 rings (SSSR count). The maximum absolute atomic E-state index is 11.4. The quantitative estimate of drug-likeness (QED) is 0.743. The molecule has 0 amide bonds. The second-order valence-corrected chi connectivity index (χ2v) is 7.65. The van der Waals surface area contributed by atoms with Crippen molar-refractivity contribution in [2.24, 2.45) is 0 Å². The fourth-order valence-corrected chi connectivity index (χ4v) is 3.52. The van der Waals surface area contributed by atoms with Gasteiger partial charge in [0.05, 0.1) is 6.26 Å². The molecule has 0 spiro atoms. The monoisotopic (exact) mass is 290 g/mol. The topological polar surface area (TPSA) is 49.4 Å². The van der Waals surface area contributed by atoms with Gasteiger partial charge in [0.15, 0.2) is 0 Å². The molecule has 1 aromatic heterocycles. The van der Waals surface area contributed by atoms with Gasteiger partial charge in [-0.25, -0.2) is 12.7 Å². The minimum atomic E-state index is -3.04. The molecule has 1 N–H and O–H groups in total. The molecule has 0 aliphatic rings. The van der Waals surface area contributed by atoms with Crippen molar-refractivity contribution >= 4 is 21.4 Å². The van der Waals surface area contributed by atoms with E-state index >= 15 is 0 Å². The van der Waals surface area contributed by atoms with Crippen molar-refractivity contribution in [3.63, 3.8) is 0 Å². The SMILES string of the molecule is CCN(CCCNCc1ccc(C)s1)S(C)(=O)=O. The Balaban J connectivity index is 2.19. The highest BCUT2D eigenvalue weighted by Crippen LogP contribution is 2.14. The Bertz CT molecular complexity index is 454. The van der Waals surface area contributed by atoms with Crippen LogP contribution >= 0.6 is 11.3 Å². The Morgan fingerprint density at radius 3 is 2.61 bits per heavy atom. The Morgan fingerprint density at radius 1 is 1.39 bits per heavy atom. The summed E-state index contributed by atoms with van der Waals surface area (Å²) in [7, 11) is -3.04. The number of thiophene rings is 1. The van der Waals surface area contributed by atoms with Crippen LogP contribution in [0.5, 0.6) is 0 Å². The number of hydrogen-bond donors (Lipinski definition) is 1. The largest absolute Gasteiger partial charge is 0.312 e. The van der Waals surface area contributed by atoms with E-state index in [0.29, 0.717) is 13.1 Å². The second-order valence-electron chi connectivity index (χ2n) is 4.30. The van der Waals surface area contributed by atoms with E-state index in [1.165, 1.54) is 20.3 Å². The van der Waals surface area contributed by atoms with E-state index in [2.05, 4.69) is 24.4 Å². The molecule has 0 bridgehead atoms. The van der Waals surface area contributed by atoms with E-state index in [-0.39, 0.29) is 0 Å². The summed E-state index contributed by atoms with van der Waals surface area (Å²) in [5.41, 5.74) is 0. The third kappa shape index (κ3) is 5.48. The number of aryl methyl sites for hydroxylation is 1. The van der Waals surface area contributed by atoms with Gasteiger partial charge in [0.1, 0.15) is 0 Å². The summed E-state index contributed by atoms with van der Waals surface area (Å²) >= 11 is 1.79. The van der Waals surface area contributed by atoms with Gasteiger partial charge in [-0.3, -0.25) is 0 Å². The first-order valence-corrected chi connectivity index (χ1v) is 8.81. The highest BCUT2D eigenvalue weighted by molar-refractivity contribution is 7.88. The standard InChI is InChI=1S/C12H22N2O2S2/c1-4-14(18(3,15)16)9-5-8-13-10-12-7-6-11(2)17-12/h6-7,13H,4-5,8-10H2,1-3H3. The molecule has 0 unspecified atom stereocenters. The normalized spacial score (nSPS) is 12.2. The fraction of sp³-hybridized carbons (Fsp3) is 0.667. The van der Waals surface area contributed by atoms with Gasteiger partial charge < -0.3 is 5.32 Å². The van der Waals surface area contributed by atoms with E-state index in [1.54, 1.807) is 11.3 Å². The van der Waals surface area contributed by atoms with Crippen LogP contribution in [0.3, 0.4) is 0 Å². The van der Waals surface area contributed by atoms with Crippen LogP contribution in [-0.4, -0.2) is 38.6 Å². The summed E-state index contributed by atoms with van der Waals surface area (Å²) in [4.78, 5) is 2.64. The fourth-order valence-electron chi connectivity index (χ4n) is 1.73. The van der Waals surface area contributed by atoms with E-state index in [1.807, 2.05) is 6.92 Å². The minimum absolute atomic E-state index is 0.545. The van der Waals surface area contributed by atoms with E-state index < -0.39 is 10.0 Å². The van der Waals surface area contributed by atoms with E-state index in [9.17, 15) is 8.42 Å². The molecule has 0 aliphatic heterocycles. The van der Waals surface area contributed by atoms with E-state index in [4.69, 9.17) is 0 Å². The van der Waals surface area contributed by atoms with Crippen LogP contribution in [0.1, 0.15) is 23.1 Å². The predicted octanol–water partition coefficient (Wildman–Crippen LogP) is 1.82. The van der Waals surface area contributed by atoms with Crippen molar-refractivity contribution in [1.29, 1.82) is 0 Å². The van der Waals surface area contributed by atoms with Gasteiger partial charge in [0.2, 0.25) is 10.0 Å². The first-order valence-electron chi connectivity index (χ1n) is 6.14. The van der Waals surface area contributed by atoms with Gasteiger partial charge >= 0.3 is 0 Å². The maximum Gasteiger partial charge on any atom is 0.211 e. The van der Waals surface area contributed by atoms with Crippen LogP contribution in [0, 0.1) is 6.92 Å². The highest BCUT2D eigenvalue weighted by Gasteiger charge is 2.12. The molecule has 1 heterocycles. The molecular formula is C12H22N2O2S2. The van der Waals surface area contributed by atoms with Crippen LogP contribution in [0.2, 0.25) is 0 Å². The van der Waals surface area contributed by atoms with Crippen molar-refractivity contribution in [3.05, 3.63) is 21.9 Å². The Morgan fingerprint density at radius 2 is 2.11 bits per heavy atom. The van der Waals surface area contributed by atoms with Crippen molar-refractivity contribution < 1.29 is 8.42 Å². The van der Waals surface area contributed by atoms with Gasteiger partial charge in [0, 0.05) is 29.4 Å². The lowest BCUT2D eigenvalue weighted by atomic mass is 10.4. The van der Waals surface area contributed by atoms with Gasteiger partial charge in [-0.1, -0.05) is 6.92 Å². The molecule has 0 atom stereocenters. The molecule has 6 heteroatoms. The molecular weight excluding hydrogens is 268 g/mol. The number of nitrogens with one attached hydrogen (secondary N) is 1. The summed E-state index contributed by atoms with van der Waals surface area (Å²) < 4.78 is 24.2. The van der Waals surface area contributed by atoms with Gasteiger partial charge in [-0.05, 0) is 32.0 Å². The zero-order chi connectivity index (χ0) is 13.6. The Hall–Kier alpha value is -0.430. The summed E-state index contributed by atoms with van der Waals surface area (Å²) in [6.07, 6.45) is 2.10. The first kappa shape index (κ1) is 15.6. The molecule has 0 aromatic carbocycles. The summed E-state index contributed by atoms with van der Waals surface area (Å²) in [5.74, 6) is 0. The van der Waals surface area contributed by atoms with Crippen molar-refractivity contribution in [2.75, 3.05) is 25.9 Å². The second kappa shape index (κ2) is 7.23. The van der Waals surface area contributed by atoms with Crippen LogP contribution in [-0.2, 0) is 16.6 Å². The Labute approximate surface area is 114 Å². The summed E-state index contributed by atoms with van der Waals surface area (Å²) in [5, 5.41) is 3.33. The van der Waals surface area contributed by atoms with Gasteiger partial charge in [-0.2, -0.15) is 0 Å². The van der Waals surface area contributed by atoms with Gasteiger partial charge in [-0.15, -0.1) is 11.3 Å². The summed E-state index contributed by atoms with van der Waals surface area (Å²) in [6.45, 7) is 6.80. The smallest absolute Gasteiger partial charge is 0.211 e. The zero-order valence-electron chi connectivity index (χ0n) is 11.3. The molecule has 0 radical (unpaired) electrons. The lowest BCUT2D eigenvalue weighted by Gasteiger charge is -2.17. The van der Waals surface area contributed by atoms with Crippen molar-refractivity contribution in [2.45, 2.75) is 26.8 Å². The number of hydrogen-bond acceptors (Lipinski definition) is 4. The molecule has 18 heavy (non-hydrogen) atoms. The lowest BCUT2D eigenvalue weighted by molar-refractivity contribution is 0.419. The van der Waals surface area contributed by atoms with Crippen LogP contribution < -0.4 is 5.32 Å². The predicted molar refractivity (Wildman–Crippen MR) is 77.5 cm³/mol. The molecule has 0 saturated carbocycles. The first-order chi connectivity index (χ1) is 8.43. The number of rotatable bonds is 8. The minimum Gasteiger partial charge on any atom is -0.312 e. The van der Waals surface area contributed by atoms with Crippen LogP contribution in [0.15, 0.2) is 12.1 Å². The maximum atomic E-state index is 11.4. The van der Waals surface area contributed by atoms with Crippen molar-refractivity contribution in [1.82, 2.24) is 9.62 Å². The highest BCUT2D eigenvalue weighted by atomic mass is 32.2. The average molecular weight is 290 g/mol. The molecule has 0 saturated heterocycles. The van der Waals surface area contributed by atoms with Crippen LogP contribution in [0.4, 0.5) is 0 Å². The molecule has 1 aromatic rings. The number of sulfonamides is 1. The van der Waals surface area contributed by atoms with Crippen LogP contribution in [0.25, 0.3) is 0 Å². The summed E-state index contributed by atoms with van der Waals surface area (Å²) in [6, 6.07) is 4.24. The molecule has 0 aliphatic carbocycles. The van der Waals surface area contributed by atoms with E-state index in [0.717, 1.165) is 19.5 Å². The number of nitrogens with zero attached hydrogens (tertiary/aromatic N) is 1. The molecule has 4 nitrogen and oxygen atoms in total. The molecule has 104 valence electrons. The third-order valence-electron chi connectivity index (χ3n) is 2.68. The third-order valence-corrected chi connectivity index (χ3v) is 5.06. The Kier molecular flexibility index (Phi) is 6.28. The zero-order valence-corrected chi connectivity index (χ0v) is 12.9.